The van der Waals surface area contributed by atoms with Crippen LogP contribution in [0.2, 0.25) is 0 Å². The Bertz CT molecular complexity index is 3100. The van der Waals surface area contributed by atoms with Crippen molar-refractivity contribution in [1.29, 1.82) is 0 Å². The molecule has 2 heteroatoms. The van der Waals surface area contributed by atoms with Gasteiger partial charge in [-0.15, -0.1) is 0 Å². The van der Waals surface area contributed by atoms with Gasteiger partial charge in [-0.3, -0.25) is 0 Å². The third-order valence-electron chi connectivity index (χ3n) is 13.7. The average molecular weight is 769 g/mol. The third-order valence-corrected chi connectivity index (χ3v) is 13.7. The molecule has 0 saturated heterocycles. The van der Waals surface area contributed by atoms with E-state index in [2.05, 4.69) is 232 Å². The van der Waals surface area contributed by atoms with E-state index in [1.165, 1.54) is 99.6 Å². The molecule has 0 fully saturated rings. The molecule has 2 aliphatic rings. The number of benzene rings is 10. The van der Waals surface area contributed by atoms with Crippen LogP contribution in [-0.4, -0.2) is 0 Å². The summed E-state index contributed by atoms with van der Waals surface area (Å²) in [7, 11) is 0. The molecule has 0 spiro atoms. The van der Waals surface area contributed by atoms with Gasteiger partial charge in [0.2, 0.25) is 0 Å². The Balaban J connectivity index is 1.12. The Hall–Kier alpha value is -7.16. The van der Waals surface area contributed by atoms with Gasteiger partial charge in [0, 0.05) is 33.0 Å². The van der Waals surface area contributed by atoms with Gasteiger partial charge in [-0.05, 0) is 115 Å². The van der Waals surface area contributed by atoms with E-state index >= 15 is 0 Å². The minimum Gasteiger partial charge on any atom is -0.310 e. The van der Waals surface area contributed by atoms with E-state index in [1.54, 1.807) is 0 Å². The minimum atomic E-state index is -0.178. The van der Waals surface area contributed by atoms with Crippen molar-refractivity contribution < 1.29 is 0 Å². The lowest BCUT2D eigenvalue weighted by atomic mass is 9.81. The zero-order valence-electron chi connectivity index (χ0n) is 34.4. The smallest absolute Gasteiger partial charge is 0.0540 e. The van der Waals surface area contributed by atoms with Crippen molar-refractivity contribution in [3.63, 3.8) is 0 Å². The number of hydrogen-bond acceptors (Lipinski definition) is 2. The number of hydrogen-bond donors (Lipinski definition) is 0. The largest absolute Gasteiger partial charge is 0.310 e. The number of nitrogens with zero attached hydrogens (tertiary/aromatic N) is 2. The maximum atomic E-state index is 2.52. The van der Waals surface area contributed by atoms with E-state index in [9.17, 15) is 0 Å². The molecule has 0 bridgehead atoms. The van der Waals surface area contributed by atoms with E-state index in [0.717, 1.165) is 11.4 Å². The molecule has 0 atom stereocenters. The molecular weight excluding hydrogens is 725 g/mol. The van der Waals surface area contributed by atoms with Crippen LogP contribution in [0.1, 0.15) is 49.9 Å². The summed E-state index contributed by atoms with van der Waals surface area (Å²) in [6.07, 6.45) is 0. The van der Waals surface area contributed by atoms with E-state index in [-0.39, 0.29) is 10.8 Å². The van der Waals surface area contributed by atoms with Gasteiger partial charge in [-0.2, -0.15) is 0 Å². The predicted octanol–water partition coefficient (Wildman–Crippen LogP) is 16.1. The second-order valence-electron chi connectivity index (χ2n) is 17.7. The zero-order valence-corrected chi connectivity index (χ0v) is 34.4. The molecule has 2 aliphatic carbocycles. The van der Waals surface area contributed by atoms with Crippen molar-refractivity contribution in [2.75, 3.05) is 9.80 Å². The molecule has 60 heavy (non-hydrogen) atoms. The van der Waals surface area contributed by atoms with E-state index in [0.29, 0.717) is 0 Å². The van der Waals surface area contributed by atoms with E-state index in [4.69, 9.17) is 0 Å². The monoisotopic (exact) mass is 768 g/mol. The molecule has 0 heterocycles. The van der Waals surface area contributed by atoms with Crippen molar-refractivity contribution >= 4 is 66.4 Å². The van der Waals surface area contributed by atoms with Crippen LogP contribution < -0.4 is 9.80 Å². The molecule has 286 valence electrons. The highest BCUT2D eigenvalue weighted by Crippen LogP contribution is 2.57. The number of fused-ring (bicyclic) bond motifs is 6. The van der Waals surface area contributed by atoms with Crippen LogP contribution in [0, 0.1) is 0 Å². The maximum Gasteiger partial charge on any atom is 0.0540 e. The first kappa shape index (κ1) is 34.8. The summed E-state index contributed by atoms with van der Waals surface area (Å²) < 4.78 is 0. The lowest BCUT2D eigenvalue weighted by molar-refractivity contribution is 0.660. The van der Waals surface area contributed by atoms with Gasteiger partial charge in [0.25, 0.3) is 0 Å². The Morgan fingerprint density at radius 2 is 0.667 bits per heavy atom. The second-order valence-corrected chi connectivity index (χ2v) is 17.7. The molecule has 0 saturated carbocycles. The maximum absolute atomic E-state index is 2.52. The minimum absolute atomic E-state index is 0.178. The fraction of sp³-hybridized carbons (Fsp3) is 0.103. The van der Waals surface area contributed by atoms with Gasteiger partial charge < -0.3 is 9.80 Å². The summed E-state index contributed by atoms with van der Waals surface area (Å²) in [6.45, 7) is 9.54. The first-order valence-electron chi connectivity index (χ1n) is 21.2. The first-order chi connectivity index (χ1) is 29.3. The summed E-state index contributed by atoms with van der Waals surface area (Å²) >= 11 is 0. The Labute approximate surface area is 351 Å². The molecule has 0 aliphatic heterocycles. The lowest BCUT2D eigenvalue weighted by Gasteiger charge is -2.34. The van der Waals surface area contributed by atoms with Crippen molar-refractivity contribution in [2.45, 2.75) is 38.5 Å². The molecule has 0 amide bonds. The number of anilines is 6. The first-order valence-corrected chi connectivity index (χ1v) is 21.2. The number of para-hydroxylation sites is 2. The van der Waals surface area contributed by atoms with Gasteiger partial charge >= 0.3 is 0 Å². The van der Waals surface area contributed by atoms with Crippen molar-refractivity contribution in [3.8, 4) is 22.3 Å². The highest BCUT2D eigenvalue weighted by Gasteiger charge is 2.40. The Kier molecular flexibility index (Phi) is 7.36. The molecule has 10 aromatic rings. The molecule has 0 aromatic heterocycles. The van der Waals surface area contributed by atoms with Crippen molar-refractivity contribution in [1.82, 2.24) is 0 Å². The fourth-order valence-corrected chi connectivity index (χ4v) is 11.1. The van der Waals surface area contributed by atoms with Crippen LogP contribution in [0.4, 0.5) is 34.1 Å². The summed E-state index contributed by atoms with van der Waals surface area (Å²) in [6, 6.07) is 72.2. The molecule has 2 nitrogen and oxygen atoms in total. The summed E-state index contributed by atoms with van der Waals surface area (Å²) in [4.78, 5) is 5.03. The molecule has 12 rings (SSSR count). The molecule has 0 unspecified atom stereocenters. The highest BCUT2D eigenvalue weighted by atomic mass is 15.2. The average Bonchev–Trinajstić information content (AvgIpc) is 3.67. The molecular formula is C58H44N2. The highest BCUT2D eigenvalue weighted by molar-refractivity contribution is 6.28. The van der Waals surface area contributed by atoms with Crippen LogP contribution >= 0.6 is 0 Å². The van der Waals surface area contributed by atoms with Gasteiger partial charge in [0.05, 0.1) is 22.7 Å². The zero-order chi connectivity index (χ0) is 40.3. The molecule has 0 N–H and O–H groups in total. The van der Waals surface area contributed by atoms with Crippen LogP contribution in [0.15, 0.2) is 194 Å². The standard InChI is InChI=1S/C58H44N2/c1-57(2)47-25-13-11-21-41(47)43-23-15-27-51(55(43)57)59(39-17-7-5-8-18-39)49-35-31-37-30-34-46-50(36-32-38-29-33-45(49)53(37)54(38)46)60(40-19-9-6-10-20-40)52-28-16-24-44-42-22-12-14-26-48(42)58(3,4)56(44)52/h5-36H,1-4H3. The van der Waals surface area contributed by atoms with Crippen molar-refractivity contribution in [3.05, 3.63) is 216 Å². The molecule has 10 aromatic carbocycles. The third kappa shape index (κ3) is 4.76. The van der Waals surface area contributed by atoms with E-state index < -0.39 is 0 Å². The summed E-state index contributed by atoms with van der Waals surface area (Å²) in [5.74, 6) is 0. The van der Waals surface area contributed by atoms with Crippen molar-refractivity contribution in [2.24, 2.45) is 0 Å². The molecule has 0 radical (unpaired) electrons. The SMILES string of the molecule is CC1(C)c2ccccc2-c2cccc(N(c3ccccc3)c3ccc4ccc5c(N(c6ccccc6)c6cccc7c6C(C)(C)c6ccccc6-7)ccc6ccc3c4c65)c21. The van der Waals surface area contributed by atoms with Gasteiger partial charge in [-0.1, -0.05) is 173 Å². The van der Waals surface area contributed by atoms with Crippen LogP contribution in [0.5, 0.6) is 0 Å². The summed E-state index contributed by atoms with van der Waals surface area (Å²) in [5, 5.41) is 7.54. The second kappa shape index (κ2) is 12.7. The Morgan fingerprint density at radius 3 is 1.10 bits per heavy atom. The van der Waals surface area contributed by atoms with Gasteiger partial charge in [0.15, 0.2) is 0 Å². The number of rotatable bonds is 6. The van der Waals surface area contributed by atoms with Gasteiger partial charge in [-0.25, -0.2) is 0 Å². The predicted molar refractivity (Wildman–Crippen MR) is 255 cm³/mol. The quantitative estimate of drug-likeness (QED) is 0.155. The van der Waals surface area contributed by atoms with Crippen LogP contribution in [0.25, 0.3) is 54.6 Å². The normalized spacial score (nSPS) is 14.3. The van der Waals surface area contributed by atoms with Gasteiger partial charge in [0.1, 0.15) is 0 Å². The topological polar surface area (TPSA) is 6.48 Å². The van der Waals surface area contributed by atoms with E-state index in [1.807, 2.05) is 0 Å². The van der Waals surface area contributed by atoms with Crippen LogP contribution in [0.3, 0.4) is 0 Å². The lowest BCUT2D eigenvalue weighted by Crippen LogP contribution is -2.21. The fourth-order valence-electron chi connectivity index (χ4n) is 11.1. The summed E-state index contributed by atoms with van der Waals surface area (Å²) in [5.41, 5.74) is 17.5. The van der Waals surface area contributed by atoms with Crippen LogP contribution in [-0.2, 0) is 10.8 Å². The Morgan fingerprint density at radius 1 is 0.300 bits per heavy atom.